The van der Waals surface area contributed by atoms with Gasteiger partial charge in [0.05, 0.1) is 19.3 Å². The molecule has 1 atom stereocenters. The maximum Gasteiger partial charge on any atom is 0.414 e. The van der Waals surface area contributed by atoms with Crippen molar-refractivity contribution in [2.45, 2.75) is 43.8 Å². The lowest BCUT2D eigenvalue weighted by molar-refractivity contribution is 0.0718. The first-order valence-electron chi connectivity index (χ1n) is 7.92. The molecule has 1 aromatic rings. The Kier molecular flexibility index (Phi) is 4.64. The second-order valence-electron chi connectivity index (χ2n) is 6.17. The highest BCUT2D eigenvalue weighted by atomic mass is 16.6. The van der Waals surface area contributed by atoms with E-state index >= 15 is 0 Å². The van der Waals surface area contributed by atoms with Crippen LogP contribution in [0.15, 0.2) is 24.3 Å². The minimum absolute atomic E-state index is 0.132. The van der Waals surface area contributed by atoms with Gasteiger partial charge >= 0.3 is 6.09 Å². The predicted molar refractivity (Wildman–Crippen MR) is 83.1 cm³/mol. The van der Waals surface area contributed by atoms with Crippen LogP contribution in [-0.2, 0) is 9.47 Å². The van der Waals surface area contributed by atoms with Gasteiger partial charge in [0.25, 0.3) is 0 Å². The van der Waals surface area contributed by atoms with Crippen molar-refractivity contribution in [1.29, 1.82) is 0 Å². The van der Waals surface area contributed by atoms with Crippen molar-refractivity contribution in [3.8, 4) is 0 Å². The van der Waals surface area contributed by atoms with Crippen molar-refractivity contribution in [2.24, 2.45) is 0 Å². The van der Waals surface area contributed by atoms with Crippen LogP contribution in [0.4, 0.5) is 10.5 Å². The standard InChI is InChI=1S/C17H23NO4/c1-21-11-16-10-18(17(20)22-16)14-6-2-12(3-7-14)13-4-8-15(19)9-5-13/h2-3,6-7,13,15-16,19H,4-5,8-11H2,1H3/t13?,15?,16-/m0/s1. The number of amides is 1. The van der Waals surface area contributed by atoms with Gasteiger partial charge in [0.1, 0.15) is 6.10 Å². The molecule has 1 saturated carbocycles. The lowest BCUT2D eigenvalue weighted by Gasteiger charge is -2.26. The first-order chi connectivity index (χ1) is 10.7. The molecule has 0 spiro atoms. The number of cyclic esters (lactones) is 1. The Morgan fingerprint density at radius 3 is 2.55 bits per heavy atom. The highest BCUT2D eigenvalue weighted by molar-refractivity contribution is 5.89. The summed E-state index contributed by atoms with van der Waals surface area (Å²) in [4.78, 5) is 13.6. The maximum absolute atomic E-state index is 11.9. The molecule has 1 amide bonds. The third-order valence-corrected chi connectivity index (χ3v) is 4.60. The normalized spacial score (nSPS) is 28.7. The molecule has 5 heteroatoms. The second kappa shape index (κ2) is 6.67. The van der Waals surface area contributed by atoms with Gasteiger partial charge < -0.3 is 14.6 Å². The van der Waals surface area contributed by atoms with E-state index in [0.717, 1.165) is 31.4 Å². The van der Waals surface area contributed by atoms with Gasteiger partial charge in [-0.05, 0) is 49.3 Å². The Bertz CT molecular complexity index is 508. The van der Waals surface area contributed by atoms with E-state index in [9.17, 15) is 9.90 Å². The first kappa shape index (κ1) is 15.3. The molecule has 0 radical (unpaired) electrons. The molecule has 1 aromatic carbocycles. The molecule has 0 bridgehead atoms. The van der Waals surface area contributed by atoms with Crippen molar-refractivity contribution in [3.05, 3.63) is 29.8 Å². The highest BCUT2D eigenvalue weighted by Crippen LogP contribution is 2.34. The lowest BCUT2D eigenvalue weighted by Crippen LogP contribution is -2.25. The summed E-state index contributed by atoms with van der Waals surface area (Å²) in [6.45, 7) is 0.951. The SMILES string of the molecule is COC[C@@H]1CN(c2ccc(C3CCC(O)CC3)cc2)C(=O)O1. The lowest BCUT2D eigenvalue weighted by atomic mass is 9.83. The van der Waals surface area contributed by atoms with Gasteiger partial charge in [-0.15, -0.1) is 0 Å². The van der Waals surface area contributed by atoms with Crippen LogP contribution < -0.4 is 4.90 Å². The number of benzene rings is 1. The molecule has 22 heavy (non-hydrogen) atoms. The average Bonchev–Trinajstić information content (AvgIpc) is 2.89. The molecule has 1 saturated heterocycles. The maximum atomic E-state index is 11.9. The van der Waals surface area contributed by atoms with Crippen molar-refractivity contribution >= 4 is 11.8 Å². The summed E-state index contributed by atoms with van der Waals surface area (Å²) in [7, 11) is 1.60. The summed E-state index contributed by atoms with van der Waals surface area (Å²) in [5, 5.41) is 9.59. The fourth-order valence-electron chi connectivity index (χ4n) is 3.34. The van der Waals surface area contributed by atoms with E-state index in [0.29, 0.717) is 19.1 Å². The van der Waals surface area contributed by atoms with Crippen molar-refractivity contribution in [1.82, 2.24) is 0 Å². The van der Waals surface area contributed by atoms with E-state index in [-0.39, 0.29) is 18.3 Å². The number of aliphatic hydroxyl groups is 1. The molecule has 1 aliphatic heterocycles. The van der Waals surface area contributed by atoms with Gasteiger partial charge in [-0.1, -0.05) is 12.1 Å². The largest absolute Gasteiger partial charge is 0.441 e. The van der Waals surface area contributed by atoms with Crippen molar-refractivity contribution in [2.75, 3.05) is 25.2 Å². The van der Waals surface area contributed by atoms with Gasteiger partial charge in [-0.2, -0.15) is 0 Å². The average molecular weight is 305 g/mol. The molecular formula is C17H23NO4. The van der Waals surface area contributed by atoms with Crippen LogP contribution in [-0.4, -0.2) is 43.7 Å². The molecule has 5 nitrogen and oxygen atoms in total. The molecule has 1 heterocycles. The van der Waals surface area contributed by atoms with E-state index in [4.69, 9.17) is 9.47 Å². The molecule has 1 N–H and O–H groups in total. The number of methoxy groups -OCH3 is 1. The van der Waals surface area contributed by atoms with Gasteiger partial charge in [0, 0.05) is 12.8 Å². The van der Waals surface area contributed by atoms with Gasteiger partial charge in [-0.25, -0.2) is 4.79 Å². The number of aliphatic hydroxyl groups excluding tert-OH is 1. The number of carbonyl (C=O) groups is 1. The third kappa shape index (κ3) is 3.25. The first-order valence-corrected chi connectivity index (χ1v) is 7.92. The van der Waals surface area contributed by atoms with Crippen LogP contribution in [0.25, 0.3) is 0 Å². The van der Waals surface area contributed by atoms with E-state index in [1.165, 1.54) is 5.56 Å². The van der Waals surface area contributed by atoms with Gasteiger partial charge in [-0.3, -0.25) is 4.90 Å². The molecule has 0 aromatic heterocycles. The number of anilines is 1. The van der Waals surface area contributed by atoms with E-state index in [1.54, 1.807) is 12.0 Å². The number of carbonyl (C=O) groups excluding carboxylic acids is 1. The van der Waals surface area contributed by atoms with Crippen LogP contribution in [0, 0.1) is 0 Å². The topological polar surface area (TPSA) is 59.0 Å². The molecule has 2 fully saturated rings. The molecule has 3 rings (SSSR count). The van der Waals surface area contributed by atoms with Crippen LogP contribution in [0.1, 0.15) is 37.2 Å². The number of hydrogen-bond donors (Lipinski definition) is 1. The molecule has 0 unspecified atom stereocenters. The third-order valence-electron chi connectivity index (χ3n) is 4.60. The minimum Gasteiger partial charge on any atom is -0.441 e. The van der Waals surface area contributed by atoms with E-state index in [1.807, 2.05) is 12.1 Å². The van der Waals surface area contributed by atoms with E-state index in [2.05, 4.69) is 12.1 Å². The Hall–Kier alpha value is -1.59. The van der Waals surface area contributed by atoms with Crippen molar-refractivity contribution < 1.29 is 19.4 Å². The molecule has 120 valence electrons. The summed E-state index contributed by atoms with van der Waals surface area (Å²) in [5.74, 6) is 0.518. The highest BCUT2D eigenvalue weighted by Gasteiger charge is 2.32. The summed E-state index contributed by atoms with van der Waals surface area (Å²) < 4.78 is 10.3. The van der Waals surface area contributed by atoms with Crippen LogP contribution in [0.5, 0.6) is 0 Å². The Morgan fingerprint density at radius 2 is 1.91 bits per heavy atom. The fraction of sp³-hybridized carbons (Fsp3) is 0.588. The molecule has 1 aliphatic carbocycles. The Morgan fingerprint density at radius 1 is 1.23 bits per heavy atom. The summed E-state index contributed by atoms with van der Waals surface area (Å²) in [5.41, 5.74) is 2.15. The summed E-state index contributed by atoms with van der Waals surface area (Å²) >= 11 is 0. The number of nitrogens with zero attached hydrogens (tertiary/aromatic N) is 1. The van der Waals surface area contributed by atoms with Gasteiger partial charge in [0.15, 0.2) is 0 Å². The fourth-order valence-corrected chi connectivity index (χ4v) is 3.34. The smallest absolute Gasteiger partial charge is 0.414 e. The van der Waals surface area contributed by atoms with Gasteiger partial charge in [0.2, 0.25) is 0 Å². The van der Waals surface area contributed by atoms with Crippen LogP contribution in [0.2, 0.25) is 0 Å². The Labute approximate surface area is 130 Å². The molecule has 2 aliphatic rings. The monoisotopic (exact) mass is 305 g/mol. The number of ether oxygens (including phenoxy) is 2. The van der Waals surface area contributed by atoms with Crippen LogP contribution >= 0.6 is 0 Å². The summed E-state index contributed by atoms with van der Waals surface area (Å²) in [6.07, 6.45) is 3.18. The zero-order valence-corrected chi connectivity index (χ0v) is 12.9. The number of hydrogen-bond acceptors (Lipinski definition) is 4. The number of rotatable bonds is 4. The quantitative estimate of drug-likeness (QED) is 0.929. The zero-order valence-electron chi connectivity index (χ0n) is 12.9. The molecular weight excluding hydrogens is 282 g/mol. The zero-order chi connectivity index (χ0) is 15.5. The minimum atomic E-state index is -0.310. The predicted octanol–water partition coefficient (Wildman–Crippen LogP) is 2.68. The Balaban J connectivity index is 1.65. The second-order valence-corrected chi connectivity index (χ2v) is 6.17. The summed E-state index contributed by atoms with van der Waals surface area (Å²) in [6, 6.07) is 8.15. The van der Waals surface area contributed by atoms with E-state index < -0.39 is 0 Å². The van der Waals surface area contributed by atoms with Crippen molar-refractivity contribution in [3.63, 3.8) is 0 Å². The van der Waals surface area contributed by atoms with Crippen LogP contribution in [0.3, 0.4) is 0 Å².